The van der Waals surface area contributed by atoms with Crippen LogP contribution in [0.2, 0.25) is 0 Å². The molecule has 0 aliphatic heterocycles. The Balaban J connectivity index is 1.86. The molecule has 1 saturated carbocycles. The second-order valence-corrected chi connectivity index (χ2v) is 8.98. The van der Waals surface area contributed by atoms with E-state index in [0.29, 0.717) is 19.1 Å². The van der Waals surface area contributed by atoms with Crippen LogP contribution in [0.1, 0.15) is 39.2 Å². The summed E-state index contributed by atoms with van der Waals surface area (Å²) in [6, 6.07) is 7.56. The molecule has 0 saturated heterocycles. The predicted octanol–water partition coefficient (Wildman–Crippen LogP) is 3.05. The summed E-state index contributed by atoms with van der Waals surface area (Å²) in [5, 5.41) is 0. The fourth-order valence-electron chi connectivity index (χ4n) is 1.87. The SMILES string of the molecule is COc1ccc(COCC(C#CC2CC2)N[S@+]([O-])C(C)(C)C)cc1. The molecule has 0 spiro atoms. The summed E-state index contributed by atoms with van der Waals surface area (Å²) in [6.07, 6.45) is 2.35. The van der Waals surface area contributed by atoms with Crippen LogP contribution in [0.4, 0.5) is 0 Å². The lowest BCUT2D eigenvalue weighted by atomic mass is 10.2. The minimum absolute atomic E-state index is 0.219. The van der Waals surface area contributed by atoms with Crippen LogP contribution in [-0.4, -0.2) is 29.1 Å². The van der Waals surface area contributed by atoms with Gasteiger partial charge >= 0.3 is 0 Å². The maximum Gasteiger partial charge on any atom is 0.136 e. The van der Waals surface area contributed by atoms with Gasteiger partial charge in [0.25, 0.3) is 0 Å². The van der Waals surface area contributed by atoms with Gasteiger partial charge in [-0.3, -0.25) is 0 Å². The molecular formula is C19H27NO3S. The van der Waals surface area contributed by atoms with E-state index in [2.05, 4.69) is 16.6 Å². The lowest BCUT2D eigenvalue weighted by Gasteiger charge is -2.26. The highest BCUT2D eigenvalue weighted by molar-refractivity contribution is 7.90. The zero-order valence-corrected chi connectivity index (χ0v) is 15.7. The highest BCUT2D eigenvalue weighted by Crippen LogP contribution is 2.27. The van der Waals surface area contributed by atoms with Gasteiger partial charge in [-0.15, -0.1) is 4.72 Å². The monoisotopic (exact) mass is 349 g/mol. The molecule has 2 rings (SSSR count). The Hall–Kier alpha value is -1.19. The van der Waals surface area contributed by atoms with Crippen molar-refractivity contribution in [3.8, 4) is 17.6 Å². The van der Waals surface area contributed by atoms with Crippen LogP contribution in [0, 0.1) is 17.8 Å². The van der Waals surface area contributed by atoms with E-state index in [1.165, 1.54) is 12.8 Å². The normalized spacial score (nSPS) is 16.9. The molecule has 4 nitrogen and oxygen atoms in total. The van der Waals surface area contributed by atoms with Gasteiger partial charge < -0.3 is 14.0 Å². The second kappa shape index (κ2) is 8.77. The average molecular weight is 349 g/mol. The van der Waals surface area contributed by atoms with E-state index in [0.717, 1.165) is 11.3 Å². The summed E-state index contributed by atoms with van der Waals surface area (Å²) in [7, 11) is 1.65. The number of ether oxygens (including phenoxy) is 2. The predicted molar refractivity (Wildman–Crippen MR) is 98.0 cm³/mol. The summed E-state index contributed by atoms with van der Waals surface area (Å²) < 4.78 is 26.0. The topological polar surface area (TPSA) is 53.5 Å². The van der Waals surface area contributed by atoms with Crippen LogP contribution in [-0.2, 0) is 22.7 Å². The van der Waals surface area contributed by atoms with Crippen LogP contribution in [0.3, 0.4) is 0 Å². The average Bonchev–Trinajstić information content (AvgIpc) is 3.36. The Morgan fingerprint density at radius 2 is 1.96 bits per heavy atom. The third-order valence-electron chi connectivity index (χ3n) is 3.56. The fraction of sp³-hybridized carbons (Fsp3) is 0.579. The van der Waals surface area contributed by atoms with Crippen LogP contribution in [0.15, 0.2) is 24.3 Å². The zero-order chi connectivity index (χ0) is 17.6. The number of benzene rings is 1. The van der Waals surface area contributed by atoms with Crippen molar-refractivity contribution in [2.75, 3.05) is 13.7 Å². The Bertz CT molecular complexity index is 567. The molecular weight excluding hydrogens is 322 g/mol. The second-order valence-electron chi connectivity index (χ2n) is 6.98. The van der Waals surface area contributed by atoms with Crippen molar-refractivity contribution in [2.24, 2.45) is 5.92 Å². The van der Waals surface area contributed by atoms with Gasteiger partial charge in [-0.25, -0.2) is 0 Å². The maximum atomic E-state index is 12.3. The minimum atomic E-state index is -1.16. The molecule has 0 radical (unpaired) electrons. The number of nitrogens with one attached hydrogen (secondary N) is 1. The molecule has 2 atom stereocenters. The van der Waals surface area contributed by atoms with Crippen molar-refractivity contribution in [3.05, 3.63) is 29.8 Å². The van der Waals surface area contributed by atoms with Crippen molar-refractivity contribution in [3.63, 3.8) is 0 Å². The summed E-state index contributed by atoms with van der Waals surface area (Å²) in [6.45, 7) is 6.74. The fourth-order valence-corrected chi connectivity index (χ4v) is 2.61. The Labute approximate surface area is 148 Å². The molecule has 132 valence electrons. The Morgan fingerprint density at radius 1 is 1.29 bits per heavy atom. The number of hydrogen-bond donors (Lipinski definition) is 1. The minimum Gasteiger partial charge on any atom is -0.598 e. The lowest BCUT2D eigenvalue weighted by Crippen LogP contribution is -2.45. The van der Waals surface area contributed by atoms with Gasteiger partial charge in [-0.05, 0) is 51.3 Å². The van der Waals surface area contributed by atoms with Crippen LogP contribution in [0.5, 0.6) is 5.75 Å². The molecule has 1 fully saturated rings. The molecule has 1 unspecified atom stereocenters. The van der Waals surface area contributed by atoms with E-state index in [4.69, 9.17) is 9.47 Å². The van der Waals surface area contributed by atoms with Gasteiger partial charge in [0.05, 0.1) is 20.3 Å². The van der Waals surface area contributed by atoms with Gasteiger partial charge in [0.15, 0.2) is 0 Å². The Morgan fingerprint density at radius 3 is 2.50 bits per heavy atom. The smallest absolute Gasteiger partial charge is 0.136 e. The summed E-state index contributed by atoms with van der Waals surface area (Å²) in [5.41, 5.74) is 1.07. The van der Waals surface area contributed by atoms with E-state index < -0.39 is 11.4 Å². The highest BCUT2D eigenvalue weighted by atomic mass is 32.2. The van der Waals surface area contributed by atoms with Gasteiger partial charge in [0, 0.05) is 17.3 Å². The molecule has 1 aromatic rings. The maximum absolute atomic E-state index is 12.3. The molecule has 0 heterocycles. The first-order chi connectivity index (χ1) is 11.4. The quantitative estimate of drug-likeness (QED) is 0.607. The summed E-state index contributed by atoms with van der Waals surface area (Å²) in [4.78, 5) is 0. The van der Waals surface area contributed by atoms with Crippen molar-refractivity contribution in [2.45, 2.75) is 51.0 Å². The third-order valence-corrected chi connectivity index (χ3v) is 5.17. The van der Waals surface area contributed by atoms with Crippen molar-refractivity contribution < 1.29 is 14.0 Å². The standard InChI is InChI=1S/C19H27NO3S/c1-19(2,3)24(21)20-17(10-7-15-5-6-15)14-23-13-16-8-11-18(22-4)12-9-16/h8-9,11-12,15,17,20H,5-6,13-14H2,1-4H3/t17?,24-/m1/s1. The van der Waals surface area contributed by atoms with Gasteiger partial charge in [-0.1, -0.05) is 24.0 Å². The van der Waals surface area contributed by atoms with Crippen LogP contribution in [0.25, 0.3) is 0 Å². The van der Waals surface area contributed by atoms with E-state index in [1.807, 2.05) is 45.0 Å². The van der Waals surface area contributed by atoms with Crippen molar-refractivity contribution in [1.29, 1.82) is 0 Å². The molecule has 5 heteroatoms. The zero-order valence-electron chi connectivity index (χ0n) is 14.9. The van der Waals surface area contributed by atoms with E-state index in [9.17, 15) is 4.55 Å². The molecule has 1 N–H and O–H groups in total. The molecule has 1 aliphatic carbocycles. The molecule has 1 aromatic carbocycles. The van der Waals surface area contributed by atoms with Crippen LogP contribution < -0.4 is 9.46 Å². The lowest BCUT2D eigenvalue weighted by molar-refractivity contribution is 0.115. The largest absolute Gasteiger partial charge is 0.598 e. The van der Waals surface area contributed by atoms with E-state index in [-0.39, 0.29) is 10.8 Å². The van der Waals surface area contributed by atoms with Crippen LogP contribution >= 0.6 is 0 Å². The molecule has 0 bridgehead atoms. The molecule has 0 amide bonds. The van der Waals surface area contributed by atoms with Gasteiger partial charge in [-0.2, -0.15) is 0 Å². The van der Waals surface area contributed by atoms with Crippen molar-refractivity contribution >= 4 is 11.4 Å². The summed E-state index contributed by atoms with van der Waals surface area (Å²) >= 11 is -1.16. The number of hydrogen-bond acceptors (Lipinski definition) is 4. The summed E-state index contributed by atoms with van der Waals surface area (Å²) in [5.74, 6) is 7.76. The first kappa shape index (κ1) is 19.1. The molecule has 24 heavy (non-hydrogen) atoms. The third kappa shape index (κ3) is 6.74. The van der Waals surface area contributed by atoms with Gasteiger partial charge in [0.2, 0.25) is 0 Å². The molecule has 1 aliphatic rings. The van der Waals surface area contributed by atoms with Crippen molar-refractivity contribution in [1.82, 2.24) is 4.72 Å². The Kier molecular flexibility index (Phi) is 7.00. The highest BCUT2D eigenvalue weighted by Gasteiger charge is 2.29. The number of rotatable bonds is 7. The van der Waals surface area contributed by atoms with E-state index in [1.54, 1.807) is 7.11 Å². The van der Waals surface area contributed by atoms with Gasteiger partial charge in [0.1, 0.15) is 16.5 Å². The number of methoxy groups -OCH3 is 1. The first-order valence-electron chi connectivity index (χ1n) is 8.28. The first-order valence-corrected chi connectivity index (χ1v) is 9.43. The molecule has 0 aromatic heterocycles. The van der Waals surface area contributed by atoms with E-state index >= 15 is 0 Å².